The van der Waals surface area contributed by atoms with E-state index in [1.165, 1.54) is 6.07 Å². The largest absolute Gasteiger partial charge is 0.361 e. The van der Waals surface area contributed by atoms with Gasteiger partial charge in [-0.15, -0.1) is 0 Å². The number of anilines is 1. The maximum Gasteiger partial charge on any atom is 0.239 e. The van der Waals surface area contributed by atoms with Gasteiger partial charge in [0.25, 0.3) is 0 Å². The third-order valence-corrected chi connectivity index (χ3v) is 5.02. The van der Waals surface area contributed by atoms with Crippen LogP contribution in [-0.2, 0) is 17.6 Å². The summed E-state index contributed by atoms with van der Waals surface area (Å²) in [7, 11) is 0. The van der Waals surface area contributed by atoms with Crippen LogP contribution in [0.25, 0.3) is 10.9 Å². The molecule has 4 rings (SSSR count). The molecule has 2 heterocycles. The van der Waals surface area contributed by atoms with Crippen LogP contribution in [0.15, 0.2) is 42.6 Å². The zero-order valence-electron chi connectivity index (χ0n) is 14.9. The molecule has 0 saturated carbocycles. The number of nitrogens with one attached hydrogen (secondary N) is 2. The van der Waals surface area contributed by atoms with Crippen molar-refractivity contribution in [3.05, 3.63) is 65.4 Å². The molecule has 1 aromatic heterocycles. The highest BCUT2D eigenvalue weighted by molar-refractivity contribution is 5.84. The number of amides is 1. The maximum atomic E-state index is 14.2. The lowest BCUT2D eigenvalue weighted by Gasteiger charge is -2.31. The SMILES string of the molecule is O=C(CN1CCCc2cc(F)cc(F)c21)NCCc1c[nH]c2ccccc12. The first-order valence-corrected chi connectivity index (χ1v) is 9.16. The summed E-state index contributed by atoms with van der Waals surface area (Å²) >= 11 is 0. The summed E-state index contributed by atoms with van der Waals surface area (Å²) < 4.78 is 27.6. The van der Waals surface area contributed by atoms with Crippen molar-refractivity contribution in [3.8, 4) is 0 Å². The maximum absolute atomic E-state index is 14.2. The fourth-order valence-electron chi connectivity index (χ4n) is 3.80. The van der Waals surface area contributed by atoms with Crippen LogP contribution in [0, 0.1) is 11.6 Å². The highest BCUT2D eigenvalue weighted by Gasteiger charge is 2.23. The van der Waals surface area contributed by atoms with Gasteiger partial charge in [0.2, 0.25) is 5.91 Å². The third-order valence-electron chi connectivity index (χ3n) is 5.02. The second-order valence-corrected chi connectivity index (χ2v) is 6.88. The third kappa shape index (κ3) is 3.65. The summed E-state index contributed by atoms with van der Waals surface area (Å²) in [4.78, 5) is 17.3. The number of hydrogen-bond acceptors (Lipinski definition) is 2. The van der Waals surface area contributed by atoms with E-state index in [4.69, 9.17) is 0 Å². The molecule has 0 saturated heterocycles. The Morgan fingerprint density at radius 2 is 2.07 bits per heavy atom. The molecule has 0 bridgehead atoms. The molecule has 1 aliphatic rings. The van der Waals surface area contributed by atoms with E-state index < -0.39 is 11.6 Å². The first-order valence-electron chi connectivity index (χ1n) is 9.16. The number of rotatable bonds is 5. The summed E-state index contributed by atoms with van der Waals surface area (Å²) in [6.45, 7) is 1.17. The number of H-pyrrole nitrogens is 1. The van der Waals surface area contributed by atoms with Crippen LogP contribution >= 0.6 is 0 Å². The van der Waals surface area contributed by atoms with E-state index >= 15 is 0 Å². The molecule has 4 nitrogen and oxygen atoms in total. The normalized spacial score (nSPS) is 13.6. The summed E-state index contributed by atoms with van der Waals surface area (Å²) in [5, 5.41) is 4.06. The molecule has 2 aromatic carbocycles. The van der Waals surface area contributed by atoms with Crippen LogP contribution < -0.4 is 10.2 Å². The number of carbonyl (C=O) groups excluding carboxylic acids is 1. The zero-order valence-corrected chi connectivity index (χ0v) is 14.9. The van der Waals surface area contributed by atoms with Crippen LogP contribution in [0.3, 0.4) is 0 Å². The average molecular weight is 369 g/mol. The van der Waals surface area contributed by atoms with E-state index in [0.29, 0.717) is 37.2 Å². The van der Waals surface area contributed by atoms with E-state index in [1.54, 1.807) is 4.90 Å². The average Bonchev–Trinajstić information content (AvgIpc) is 3.04. The van der Waals surface area contributed by atoms with E-state index in [2.05, 4.69) is 16.4 Å². The van der Waals surface area contributed by atoms with E-state index in [0.717, 1.165) is 29.0 Å². The number of aromatic amines is 1. The Labute approximate surface area is 156 Å². The highest BCUT2D eigenvalue weighted by atomic mass is 19.1. The molecule has 1 aliphatic heterocycles. The Morgan fingerprint density at radius 1 is 1.22 bits per heavy atom. The Hall–Kier alpha value is -2.89. The van der Waals surface area contributed by atoms with Crippen molar-refractivity contribution >= 4 is 22.5 Å². The van der Waals surface area contributed by atoms with E-state index in [-0.39, 0.29) is 12.5 Å². The lowest BCUT2D eigenvalue weighted by Crippen LogP contribution is -2.40. The number of benzene rings is 2. The molecule has 3 aromatic rings. The number of hydrogen-bond donors (Lipinski definition) is 2. The molecule has 1 amide bonds. The number of aryl methyl sites for hydroxylation is 1. The minimum absolute atomic E-state index is 0.0729. The molecular formula is C21H21F2N3O. The Morgan fingerprint density at radius 3 is 2.96 bits per heavy atom. The summed E-state index contributed by atoms with van der Waals surface area (Å²) in [6, 6.07) is 10.3. The summed E-state index contributed by atoms with van der Waals surface area (Å²) in [5.41, 5.74) is 3.21. The van der Waals surface area contributed by atoms with Crippen LogP contribution in [0.2, 0.25) is 0 Å². The van der Waals surface area contributed by atoms with Gasteiger partial charge in [-0.1, -0.05) is 18.2 Å². The van der Waals surface area contributed by atoms with E-state index in [9.17, 15) is 13.6 Å². The van der Waals surface area contributed by atoms with Gasteiger partial charge in [-0.3, -0.25) is 4.79 Å². The number of para-hydroxylation sites is 1. The molecule has 0 radical (unpaired) electrons. The smallest absolute Gasteiger partial charge is 0.239 e. The van der Waals surface area contributed by atoms with Gasteiger partial charge in [-0.25, -0.2) is 8.78 Å². The lowest BCUT2D eigenvalue weighted by atomic mass is 10.0. The minimum Gasteiger partial charge on any atom is -0.361 e. The van der Waals surface area contributed by atoms with Gasteiger partial charge in [0.1, 0.15) is 11.6 Å². The summed E-state index contributed by atoms with van der Waals surface area (Å²) in [6.07, 6.45) is 4.08. The van der Waals surface area contributed by atoms with Crippen molar-refractivity contribution < 1.29 is 13.6 Å². The number of carbonyl (C=O) groups is 1. The quantitative estimate of drug-likeness (QED) is 0.723. The molecule has 0 aliphatic carbocycles. The van der Waals surface area contributed by atoms with E-state index in [1.807, 2.05) is 24.4 Å². The van der Waals surface area contributed by atoms with Gasteiger partial charge in [0, 0.05) is 36.3 Å². The molecule has 140 valence electrons. The molecule has 0 atom stereocenters. The van der Waals surface area contributed by atoms with Gasteiger partial charge in [-0.05, 0) is 42.5 Å². The minimum atomic E-state index is -0.601. The first kappa shape index (κ1) is 17.5. The molecule has 0 spiro atoms. The van der Waals surface area contributed by atoms with Crippen molar-refractivity contribution in [1.82, 2.24) is 10.3 Å². The van der Waals surface area contributed by atoms with Crippen LogP contribution in [0.1, 0.15) is 17.5 Å². The Balaban J connectivity index is 1.37. The summed E-state index contributed by atoms with van der Waals surface area (Å²) in [5.74, 6) is -1.33. The monoisotopic (exact) mass is 369 g/mol. The van der Waals surface area contributed by atoms with Crippen molar-refractivity contribution in [3.63, 3.8) is 0 Å². The number of nitrogens with zero attached hydrogens (tertiary/aromatic N) is 1. The van der Waals surface area contributed by atoms with Gasteiger partial charge in [0.15, 0.2) is 0 Å². The number of fused-ring (bicyclic) bond motifs is 2. The van der Waals surface area contributed by atoms with Gasteiger partial charge in [0.05, 0.1) is 12.2 Å². The Kier molecular flexibility index (Phi) is 4.79. The number of aromatic nitrogens is 1. The predicted molar refractivity (Wildman–Crippen MR) is 102 cm³/mol. The van der Waals surface area contributed by atoms with Crippen molar-refractivity contribution in [2.24, 2.45) is 0 Å². The fourth-order valence-corrected chi connectivity index (χ4v) is 3.80. The highest BCUT2D eigenvalue weighted by Crippen LogP contribution is 2.30. The molecule has 27 heavy (non-hydrogen) atoms. The molecule has 0 unspecified atom stereocenters. The van der Waals surface area contributed by atoms with Crippen LogP contribution in [0.4, 0.5) is 14.5 Å². The fraction of sp³-hybridized carbons (Fsp3) is 0.286. The molecule has 6 heteroatoms. The lowest BCUT2D eigenvalue weighted by molar-refractivity contribution is -0.119. The zero-order chi connectivity index (χ0) is 18.8. The second kappa shape index (κ2) is 7.39. The van der Waals surface area contributed by atoms with Gasteiger partial charge < -0.3 is 15.2 Å². The second-order valence-electron chi connectivity index (χ2n) is 6.88. The predicted octanol–water partition coefficient (Wildman–Crippen LogP) is 3.56. The standard InChI is InChI=1S/C21H21F2N3O/c22-16-10-14-4-3-9-26(21(14)18(23)11-16)13-20(27)24-8-7-15-12-25-19-6-2-1-5-17(15)19/h1-2,5-6,10-12,25H,3-4,7-9,13H2,(H,24,27). The molecule has 2 N–H and O–H groups in total. The van der Waals surface area contributed by atoms with Crippen LogP contribution in [-0.4, -0.2) is 30.5 Å². The Bertz CT molecular complexity index is 983. The van der Waals surface area contributed by atoms with Crippen molar-refractivity contribution in [2.45, 2.75) is 19.3 Å². The van der Waals surface area contributed by atoms with Gasteiger partial charge in [-0.2, -0.15) is 0 Å². The first-order chi connectivity index (χ1) is 13.1. The van der Waals surface area contributed by atoms with Crippen molar-refractivity contribution in [2.75, 3.05) is 24.5 Å². The van der Waals surface area contributed by atoms with Crippen molar-refractivity contribution in [1.29, 1.82) is 0 Å². The van der Waals surface area contributed by atoms with Gasteiger partial charge >= 0.3 is 0 Å². The van der Waals surface area contributed by atoms with Crippen LogP contribution in [0.5, 0.6) is 0 Å². The topological polar surface area (TPSA) is 48.1 Å². The molecule has 0 fully saturated rings. The number of halogens is 2. The molecular weight excluding hydrogens is 348 g/mol.